The summed E-state index contributed by atoms with van der Waals surface area (Å²) >= 11 is 1.53. The van der Waals surface area contributed by atoms with Crippen molar-refractivity contribution in [2.75, 3.05) is 12.8 Å². The Kier molecular flexibility index (Phi) is 5.61. The first kappa shape index (κ1) is 16.6. The van der Waals surface area contributed by atoms with Crippen molar-refractivity contribution in [2.45, 2.75) is 24.8 Å². The SMILES string of the molecule is Cc1cccc(SCC(=O)N(C)C(C)c2ccc(F)cc2)c1. The highest BCUT2D eigenvalue weighted by atomic mass is 32.2. The molecular weight excluding hydrogens is 297 g/mol. The molecule has 0 radical (unpaired) electrons. The Labute approximate surface area is 135 Å². The highest BCUT2D eigenvalue weighted by molar-refractivity contribution is 8.00. The maximum Gasteiger partial charge on any atom is 0.233 e. The second-order valence-electron chi connectivity index (χ2n) is 5.34. The van der Waals surface area contributed by atoms with E-state index in [2.05, 4.69) is 6.07 Å². The van der Waals surface area contributed by atoms with Crippen LogP contribution in [0.25, 0.3) is 0 Å². The van der Waals surface area contributed by atoms with E-state index in [1.165, 1.54) is 29.5 Å². The zero-order chi connectivity index (χ0) is 16.1. The van der Waals surface area contributed by atoms with Crippen LogP contribution in [0.4, 0.5) is 4.39 Å². The van der Waals surface area contributed by atoms with Gasteiger partial charge in [0.2, 0.25) is 5.91 Å². The molecule has 1 atom stereocenters. The van der Waals surface area contributed by atoms with Gasteiger partial charge in [-0.1, -0.05) is 29.8 Å². The van der Waals surface area contributed by atoms with Gasteiger partial charge < -0.3 is 4.90 Å². The number of hydrogen-bond donors (Lipinski definition) is 0. The van der Waals surface area contributed by atoms with E-state index in [9.17, 15) is 9.18 Å². The Bertz CT molecular complexity index is 642. The highest BCUT2D eigenvalue weighted by Crippen LogP contribution is 2.23. The van der Waals surface area contributed by atoms with Crippen molar-refractivity contribution < 1.29 is 9.18 Å². The van der Waals surface area contributed by atoms with Crippen molar-refractivity contribution in [2.24, 2.45) is 0 Å². The Morgan fingerprint density at radius 1 is 1.23 bits per heavy atom. The van der Waals surface area contributed by atoms with Crippen LogP contribution in [0.3, 0.4) is 0 Å². The summed E-state index contributed by atoms with van der Waals surface area (Å²) in [4.78, 5) is 15.1. The van der Waals surface area contributed by atoms with Crippen molar-refractivity contribution in [1.82, 2.24) is 4.90 Å². The minimum atomic E-state index is -0.264. The molecular formula is C18H20FNOS. The molecule has 0 aliphatic heterocycles. The lowest BCUT2D eigenvalue weighted by Gasteiger charge is -2.25. The van der Waals surface area contributed by atoms with Gasteiger partial charge in [0, 0.05) is 11.9 Å². The molecule has 1 unspecified atom stereocenters. The van der Waals surface area contributed by atoms with Crippen molar-refractivity contribution in [3.8, 4) is 0 Å². The van der Waals surface area contributed by atoms with E-state index in [0.29, 0.717) is 5.75 Å². The fraction of sp³-hybridized carbons (Fsp3) is 0.278. The van der Waals surface area contributed by atoms with Gasteiger partial charge in [-0.2, -0.15) is 0 Å². The van der Waals surface area contributed by atoms with E-state index in [-0.39, 0.29) is 17.8 Å². The molecule has 0 saturated heterocycles. The van der Waals surface area contributed by atoms with Crippen LogP contribution in [0.5, 0.6) is 0 Å². The normalized spacial score (nSPS) is 12.0. The fourth-order valence-electron chi connectivity index (χ4n) is 2.13. The number of carbonyl (C=O) groups excluding carboxylic acids is 1. The number of hydrogen-bond acceptors (Lipinski definition) is 2. The van der Waals surface area contributed by atoms with Gasteiger partial charge >= 0.3 is 0 Å². The van der Waals surface area contributed by atoms with Crippen molar-refractivity contribution in [3.63, 3.8) is 0 Å². The summed E-state index contributed by atoms with van der Waals surface area (Å²) in [6.07, 6.45) is 0. The van der Waals surface area contributed by atoms with Crippen molar-refractivity contribution in [3.05, 3.63) is 65.5 Å². The molecule has 0 spiro atoms. The average molecular weight is 317 g/mol. The molecule has 2 aromatic carbocycles. The second kappa shape index (κ2) is 7.45. The van der Waals surface area contributed by atoms with E-state index >= 15 is 0 Å². The molecule has 116 valence electrons. The monoisotopic (exact) mass is 317 g/mol. The molecule has 1 amide bonds. The lowest BCUT2D eigenvalue weighted by molar-refractivity contribution is -0.128. The summed E-state index contributed by atoms with van der Waals surface area (Å²) < 4.78 is 13.0. The predicted molar refractivity (Wildman–Crippen MR) is 89.5 cm³/mol. The molecule has 0 N–H and O–H groups in total. The lowest BCUT2D eigenvalue weighted by atomic mass is 10.1. The van der Waals surface area contributed by atoms with E-state index in [4.69, 9.17) is 0 Å². The summed E-state index contributed by atoms with van der Waals surface area (Å²) in [6, 6.07) is 14.3. The molecule has 22 heavy (non-hydrogen) atoms. The first-order valence-corrected chi connectivity index (χ1v) is 8.16. The summed E-state index contributed by atoms with van der Waals surface area (Å²) in [7, 11) is 1.78. The fourth-order valence-corrected chi connectivity index (χ4v) is 3.07. The standard InChI is InChI=1S/C18H20FNOS/c1-13-5-4-6-17(11-13)22-12-18(21)20(3)14(2)15-7-9-16(19)10-8-15/h4-11,14H,12H2,1-3H3. The quantitative estimate of drug-likeness (QED) is 0.760. The first-order valence-electron chi connectivity index (χ1n) is 7.18. The molecule has 2 aromatic rings. The molecule has 0 fully saturated rings. The van der Waals surface area contributed by atoms with E-state index < -0.39 is 0 Å². The third-order valence-electron chi connectivity index (χ3n) is 3.68. The molecule has 4 heteroatoms. The molecule has 0 heterocycles. The number of rotatable bonds is 5. The zero-order valence-corrected chi connectivity index (χ0v) is 13.9. The smallest absolute Gasteiger partial charge is 0.233 e. The maximum atomic E-state index is 13.0. The molecule has 2 rings (SSSR count). The Morgan fingerprint density at radius 2 is 1.91 bits per heavy atom. The van der Waals surface area contributed by atoms with Crippen LogP contribution in [0, 0.1) is 12.7 Å². The topological polar surface area (TPSA) is 20.3 Å². The average Bonchev–Trinajstić information content (AvgIpc) is 2.52. The maximum absolute atomic E-state index is 13.0. The van der Waals surface area contributed by atoms with Crippen LogP contribution in [0.1, 0.15) is 24.1 Å². The molecule has 0 aromatic heterocycles. The minimum Gasteiger partial charge on any atom is -0.338 e. The predicted octanol–water partition coefficient (Wildman–Crippen LogP) is 4.45. The number of benzene rings is 2. The molecule has 2 nitrogen and oxygen atoms in total. The summed E-state index contributed by atoms with van der Waals surface area (Å²) in [5.74, 6) is 0.189. The number of amides is 1. The third kappa shape index (κ3) is 4.34. The van der Waals surface area contributed by atoms with E-state index in [1.54, 1.807) is 24.1 Å². The Morgan fingerprint density at radius 3 is 2.55 bits per heavy atom. The van der Waals surface area contributed by atoms with Gasteiger partial charge in [0.15, 0.2) is 0 Å². The van der Waals surface area contributed by atoms with Gasteiger partial charge in [0.25, 0.3) is 0 Å². The highest BCUT2D eigenvalue weighted by Gasteiger charge is 2.17. The van der Waals surface area contributed by atoms with E-state index in [0.717, 1.165) is 10.5 Å². The lowest BCUT2D eigenvalue weighted by Crippen LogP contribution is -2.31. The van der Waals surface area contributed by atoms with Gasteiger partial charge in [0.1, 0.15) is 5.82 Å². The molecule has 0 bridgehead atoms. The molecule has 0 aliphatic carbocycles. The Balaban J connectivity index is 1.95. The van der Waals surface area contributed by atoms with Gasteiger partial charge in [-0.3, -0.25) is 4.79 Å². The van der Waals surface area contributed by atoms with Gasteiger partial charge in [-0.05, 0) is 43.7 Å². The summed E-state index contributed by atoms with van der Waals surface area (Å²) in [6.45, 7) is 3.98. The Hall–Kier alpha value is -1.81. The largest absolute Gasteiger partial charge is 0.338 e. The van der Waals surface area contributed by atoms with Crippen molar-refractivity contribution in [1.29, 1.82) is 0 Å². The number of carbonyl (C=O) groups is 1. The summed E-state index contributed by atoms with van der Waals surface area (Å²) in [5.41, 5.74) is 2.11. The number of thioether (sulfide) groups is 1. The van der Waals surface area contributed by atoms with Crippen LogP contribution in [-0.2, 0) is 4.79 Å². The van der Waals surface area contributed by atoms with Crippen LogP contribution in [0.15, 0.2) is 53.4 Å². The van der Waals surface area contributed by atoms with Crippen LogP contribution < -0.4 is 0 Å². The number of nitrogens with zero attached hydrogens (tertiary/aromatic N) is 1. The second-order valence-corrected chi connectivity index (χ2v) is 6.39. The van der Waals surface area contributed by atoms with Crippen LogP contribution in [-0.4, -0.2) is 23.6 Å². The molecule has 0 saturated carbocycles. The number of aryl methyl sites for hydroxylation is 1. The van der Waals surface area contributed by atoms with Gasteiger partial charge in [0.05, 0.1) is 11.8 Å². The van der Waals surface area contributed by atoms with Gasteiger partial charge in [-0.15, -0.1) is 11.8 Å². The number of halogens is 1. The first-order chi connectivity index (χ1) is 10.5. The third-order valence-corrected chi connectivity index (χ3v) is 4.66. The van der Waals surface area contributed by atoms with Crippen LogP contribution in [0.2, 0.25) is 0 Å². The summed E-state index contributed by atoms with van der Waals surface area (Å²) in [5, 5.41) is 0. The van der Waals surface area contributed by atoms with Gasteiger partial charge in [-0.25, -0.2) is 4.39 Å². The van der Waals surface area contributed by atoms with Crippen molar-refractivity contribution >= 4 is 17.7 Å². The minimum absolute atomic E-state index is 0.0586. The van der Waals surface area contributed by atoms with Crippen LogP contribution >= 0.6 is 11.8 Å². The molecule has 0 aliphatic rings. The zero-order valence-electron chi connectivity index (χ0n) is 13.0. The van der Waals surface area contributed by atoms with E-state index in [1.807, 2.05) is 32.0 Å².